The van der Waals surface area contributed by atoms with Crippen molar-refractivity contribution >= 4 is 24.0 Å². The van der Waals surface area contributed by atoms with Crippen molar-refractivity contribution in [1.29, 1.82) is 0 Å². The van der Waals surface area contributed by atoms with Gasteiger partial charge in [0.25, 0.3) is 0 Å². The number of rotatable bonds is 7. The second-order valence-corrected chi connectivity index (χ2v) is 8.08. The van der Waals surface area contributed by atoms with E-state index in [0.29, 0.717) is 22.9 Å². The maximum atomic E-state index is 13.9. The van der Waals surface area contributed by atoms with Gasteiger partial charge in [-0.25, -0.2) is 4.39 Å². The number of fused-ring (bicyclic) bond motifs is 1. The molecular formula is C23H27Cl2FN4O. The largest absolute Gasteiger partial charge is 0.489 e. The SMILES string of the molecule is CC(NCc1ccc(OCc2c(F)cccc2Cl)cc1)c1nnc2n1CCCCC2.Cl. The second kappa shape index (κ2) is 10.9. The highest BCUT2D eigenvalue weighted by Gasteiger charge is 2.18. The van der Waals surface area contributed by atoms with Gasteiger partial charge in [0, 0.05) is 25.1 Å². The van der Waals surface area contributed by atoms with Crippen molar-refractivity contribution in [1.82, 2.24) is 20.1 Å². The average molecular weight is 465 g/mol. The lowest BCUT2D eigenvalue weighted by molar-refractivity contribution is 0.300. The Balaban J connectivity index is 0.00000272. The third-order valence-corrected chi connectivity index (χ3v) is 5.86. The van der Waals surface area contributed by atoms with E-state index in [4.69, 9.17) is 16.3 Å². The van der Waals surface area contributed by atoms with Gasteiger partial charge in [-0.2, -0.15) is 0 Å². The number of aromatic nitrogens is 3. The first kappa shape index (κ1) is 23.5. The van der Waals surface area contributed by atoms with Crippen LogP contribution in [-0.4, -0.2) is 14.8 Å². The lowest BCUT2D eigenvalue weighted by atomic mass is 10.2. The molecule has 0 bridgehead atoms. The van der Waals surface area contributed by atoms with E-state index in [0.717, 1.165) is 30.2 Å². The number of hydrogen-bond acceptors (Lipinski definition) is 4. The molecular weight excluding hydrogens is 438 g/mol. The third-order valence-electron chi connectivity index (χ3n) is 5.51. The monoisotopic (exact) mass is 464 g/mol. The number of ether oxygens (including phenoxy) is 1. The van der Waals surface area contributed by atoms with Crippen molar-refractivity contribution in [2.45, 2.75) is 58.3 Å². The van der Waals surface area contributed by atoms with Gasteiger partial charge in [-0.1, -0.05) is 36.2 Å². The molecule has 0 fully saturated rings. The quantitative estimate of drug-likeness (QED) is 0.490. The Hall–Kier alpha value is -2.15. The molecule has 1 atom stereocenters. The number of nitrogens with one attached hydrogen (secondary N) is 1. The highest BCUT2D eigenvalue weighted by molar-refractivity contribution is 6.31. The summed E-state index contributed by atoms with van der Waals surface area (Å²) in [5, 5.41) is 12.7. The second-order valence-electron chi connectivity index (χ2n) is 7.67. The van der Waals surface area contributed by atoms with Crippen molar-refractivity contribution in [2.75, 3.05) is 0 Å². The lowest BCUT2D eigenvalue weighted by Gasteiger charge is -2.15. The van der Waals surface area contributed by atoms with Crippen molar-refractivity contribution in [3.8, 4) is 5.75 Å². The zero-order valence-corrected chi connectivity index (χ0v) is 19.1. The van der Waals surface area contributed by atoms with E-state index >= 15 is 0 Å². The number of nitrogens with zero attached hydrogens (tertiary/aromatic N) is 3. The Bertz CT molecular complexity index is 973. The van der Waals surface area contributed by atoms with Gasteiger partial charge in [0.15, 0.2) is 0 Å². The predicted octanol–water partition coefficient (Wildman–Crippen LogP) is 5.65. The number of halogens is 3. The van der Waals surface area contributed by atoms with Crippen molar-refractivity contribution in [3.05, 3.63) is 76.1 Å². The third kappa shape index (κ3) is 5.76. The molecule has 4 rings (SSSR count). The van der Waals surface area contributed by atoms with Crippen LogP contribution in [0.4, 0.5) is 4.39 Å². The Morgan fingerprint density at radius 3 is 2.71 bits per heavy atom. The molecule has 5 nitrogen and oxygen atoms in total. The first-order valence-corrected chi connectivity index (χ1v) is 10.8. The minimum absolute atomic E-state index is 0. The van der Waals surface area contributed by atoms with Gasteiger partial charge >= 0.3 is 0 Å². The van der Waals surface area contributed by atoms with Gasteiger partial charge in [-0.05, 0) is 49.6 Å². The Labute approximate surface area is 193 Å². The molecule has 1 unspecified atom stereocenters. The molecule has 166 valence electrons. The first-order valence-electron chi connectivity index (χ1n) is 10.4. The van der Waals surface area contributed by atoms with Crippen LogP contribution < -0.4 is 10.1 Å². The minimum atomic E-state index is -0.358. The molecule has 8 heteroatoms. The van der Waals surface area contributed by atoms with E-state index < -0.39 is 0 Å². The van der Waals surface area contributed by atoms with Crippen LogP contribution in [0.15, 0.2) is 42.5 Å². The van der Waals surface area contributed by atoms with Crippen molar-refractivity contribution in [2.24, 2.45) is 0 Å². The van der Waals surface area contributed by atoms with Gasteiger partial charge in [0.2, 0.25) is 0 Å². The Morgan fingerprint density at radius 2 is 1.94 bits per heavy atom. The summed E-state index contributed by atoms with van der Waals surface area (Å²) in [6, 6.07) is 12.5. The predicted molar refractivity (Wildman–Crippen MR) is 122 cm³/mol. The van der Waals surface area contributed by atoms with Crippen LogP contribution in [0.1, 0.15) is 55.0 Å². The molecule has 1 N–H and O–H groups in total. The number of aryl methyl sites for hydroxylation is 1. The van der Waals surface area contributed by atoms with E-state index in [-0.39, 0.29) is 30.9 Å². The molecule has 0 radical (unpaired) electrons. The molecule has 1 aromatic heterocycles. The zero-order valence-electron chi connectivity index (χ0n) is 17.5. The van der Waals surface area contributed by atoms with Crippen LogP contribution in [0.5, 0.6) is 5.75 Å². The number of benzene rings is 2. The van der Waals surface area contributed by atoms with E-state index in [1.807, 2.05) is 24.3 Å². The van der Waals surface area contributed by atoms with E-state index in [2.05, 4.69) is 27.0 Å². The van der Waals surface area contributed by atoms with Crippen LogP contribution in [0.25, 0.3) is 0 Å². The van der Waals surface area contributed by atoms with E-state index in [9.17, 15) is 4.39 Å². The summed E-state index contributed by atoms with van der Waals surface area (Å²) >= 11 is 6.05. The summed E-state index contributed by atoms with van der Waals surface area (Å²) in [5.41, 5.74) is 1.50. The summed E-state index contributed by atoms with van der Waals surface area (Å²) in [6.45, 7) is 3.93. The normalized spacial score (nSPS) is 14.3. The summed E-state index contributed by atoms with van der Waals surface area (Å²) in [7, 11) is 0. The van der Waals surface area contributed by atoms with Crippen LogP contribution >= 0.6 is 24.0 Å². The molecule has 31 heavy (non-hydrogen) atoms. The summed E-state index contributed by atoms with van der Waals surface area (Å²) in [6.07, 6.45) is 4.64. The summed E-state index contributed by atoms with van der Waals surface area (Å²) in [5.74, 6) is 2.43. The van der Waals surface area contributed by atoms with Gasteiger partial charge < -0.3 is 14.6 Å². The highest BCUT2D eigenvalue weighted by Crippen LogP contribution is 2.22. The van der Waals surface area contributed by atoms with Crippen LogP contribution in [0.3, 0.4) is 0 Å². The van der Waals surface area contributed by atoms with Crippen LogP contribution in [0.2, 0.25) is 5.02 Å². The summed E-state index contributed by atoms with van der Waals surface area (Å²) < 4.78 is 21.8. The fourth-order valence-electron chi connectivity index (χ4n) is 3.72. The standard InChI is InChI=1S/C23H26ClFN4O.ClH/c1-16(23-28-27-22-8-3-2-4-13-29(22)23)26-14-17-9-11-18(12-10-17)30-15-19-20(24)6-5-7-21(19)25;/h5-7,9-12,16,26H,2-4,8,13-15H2,1H3;1H. The van der Waals surface area contributed by atoms with Crippen molar-refractivity contribution in [3.63, 3.8) is 0 Å². The van der Waals surface area contributed by atoms with Gasteiger partial charge in [0.1, 0.15) is 29.8 Å². The molecule has 0 aliphatic carbocycles. The zero-order chi connectivity index (χ0) is 20.9. The van der Waals surface area contributed by atoms with E-state index in [1.165, 1.54) is 25.3 Å². The molecule has 1 aliphatic heterocycles. The molecule has 0 amide bonds. The molecule has 2 heterocycles. The van der Waals surface area contributed by atoms with Gasteiger partial charge in [-0.15, -0.1) is 22.6 Å². The maximum absolute atomic E-state index is 13.9. The highest BCUT2D eigenvalue weighted by atomic mass is 35.5. The molecule has 0 saturated carbocycles. The average Bonchev–Trinajstić information content (AvgIpc) is 3.01. The Kier molecular flexibility index (Phi) is 8.29. The molecule has 0 spiro atoms. The fraction of sp³-hybridized carbons (Fsp3) is 0.391. The fourth-order valence-corrected chi connectivity index (χ4v) is 3.94. The molecule has 0 saturated heterocycles. The number of hydrogen-bond donors (Lipinski definition) is 1. The van der Waals surface area contributed by atoms with Gasteiger partial charge in [-0.3, -0.25) is 0 Å². The lowest BCUT2D eigenvalue weighted by Crippen LogP contribution is -2.22. The smallest absolute Gasteiger partial charge is 0.149 e. The van der Waals surface area contributed by atoms with Gasteiger partial charge in [0.05, 0.1) is 11.1 Å². The maximum Gasteiger partial charge on any atom is 0.149 e. The Morgan fingerprint density at radius 1 is 1.13 bits per heavy atom. The topological polar surface area (TPSA) is 52.0 Å². The van der Waals surface area contributed by atoms with Crippen molar-refractivity contribution < 1.29 is 9.13 Å². The molecule has 3 aromatic rings. The van der Waals surface area contributed by atoms with Crippen LogP contribution in [-0.2, 0) is 26.1 Å². The van der Waals surface area contributed by atoms with E-state index in [1.54, 1.807) is 12.1 Å². The molecule has 2 aromatic carbocycles. The summed E-state index contributed by atoms with van der Waals surface area (Å²) in [4.78, 5) is 0. The molecule has 1 aliphatic rings. The first-order chi connectivity index (χ1) is 14.6. The minimum Gasteiger partial charge on any atom is -0.489 e. The van der Waals surface area contributed by atoms with Crippen LogP contribution in [0, 0.1) is 5.82 Å².